The zero-order valence-corrected chi connectivity index (χ0v) is 18.3. The van der Waals surface area contributed by atoms with Gasteiger partial charge in [0.1, 0.15) is 5.82 Å². The van der Waals surface area contributed by atoms with Gasteiger partial charge in [0.2, 0.25) is 11.1 Å². The lowest BCUT2D eigenvalue weighted by Crippen LogP contribution is -2.52. The van der Waals surface area contributed by atoms with Gasteiger partial charge in [-0.15, -0.1) is 5.10 Å². The summed E-state index contributed by atoms with van der Waals surface area (Å²) in [5.74, 6) is 0.918. The quantitative estimate of drug-likeness (QED) is 0.564. The summed E-state index contributed by atoms with van der Waals surface area (Å²) in [4.78, 5) is 32.8. The number of para-hydroxylation sites is 1. The van der Waals surface area contributed by atoms with E-state index in [4.69, 9.17) is 0 Å². The molecule has 0 spiro atoms. The van der Waals surface area contributed by atoms with Crippen molar-refractivity contribution in [2.75, 3.05) is 37.2 Å². The highest BCUT2D eigenvalue weighted by Gasteiger charge is 2.24. The minimum absolute atomic E-state index is 0.0179. The Morgan fingerprint density at radius 2 is 1.59 bits per heavy atom. The molecule has 0 saturated carbocycles. The van der Waals surface area contributed by atoms with Gasteiger partial charge in [-0.1, -0.05) is 66.4 Å². The molecule has 0 bridgehead atoms. The molecule has 164 valence electrons. The van der Waals surface area contributed by atoms with Crippen LogP contribution in [0.2, 0.25) is 0 Å². The molecule has 0 unspecified atom stereocenters. The highest BCUT2D eigenvalue weighted by Crippen LogP contribution is 2.16. The molecule has 3 aromatic rings. The number of benzene rings is 2. The van der Waals surface area contributed by atoms with E-state index in [0.717, 1.165) is 11.3 Å². The Morgan fingerprint density at radius 3 is 2.31 bits per heavy atom. The summed E-state index contributed by atoms with van der Waals surface area (Å²) >= 11 is 1.30. The van der Waals surface area contributed by atoms with Crippen LogP contribution in [0.5, 0.6) is 0 Å². The number of carbonyl (C=O) groups excluding carboxylic acids is 2. The van der Waals surface area contributed by atoms with Crippen LogP contribution in [-0.4, -0.2) is 68.9 Å². The molecule has 8 nitrogen and oxygen atoms in total. The van der Waals surface area contributed by atoms with Crippen LogP contribution in [0.1, 0.15) is 11.4 Å². The van der Waals surface area contributed by atoms with E-state index in [1.54, 1.807) is 9.80 Å². The summed E-state index contributed by atoms with van der Waals surface area (Å²) < 4.78 is 0. The maximum atomic E-state index is 12.6. The van der Waals surface area contributed by atoms with Gasteiger partial charge in [0, 0.05) is 31.9 Å². The number of hydrogen-bond donors (Lipinski definition) is 2. The zero-order chi connectivity index (χ0) is 22.2. The van der Waals surface area contributed by atoms with Crippen LogP contribution in [0, 0.1) is 0 Å². The fourth-order valence-corrected chi connectivity index (χ4v) is 3.95. The van der Waals surface area contributed by atoms with E-state index in [-0.39, 0.29) is 17.7 Å². The number of anilines is 1. The summed E-state index contributed by atoms with van der Waals surface area (Å²) in [5, 5.41) is 10.5. The molecule has 0 atom stereocenters. The fraction of sp³-hybridized carbons (Fsp3) is 0.217. The van der Waals surface area contributed by atoms with E-state index in [1.165, 1.54) is 11.8 Å². The molecule has 1 aliphatic rings. The maximum Gasteiger partial charge on any atom is 0.321 e. The van der Waals surface area contributed by atoms with Gasteiger partial charge in [0.15, 0.2) is 0 Å². The molecule has 2 heterocycles. The molecule has 4 rings (SSSR count). The monoisotopic (exact) mass is 448 g/mol. The Hall–Kier alpha value is -3.59. The summed E-state index contributed by atoms with van der Waals surface area (Å²) in [6, 6.07) is 19.1. The SMILES string of the molecule is O=C(CSc1n[nH]c(/C=C/c2ccccc2)n1)N1CCN(C(=O)Nc2ccccc2)CC1. The van der Waals surface area contributed by atoms with E-state index in [2.05, 4.69) is 20.5 Å². The molecule has 2 aromatic carbocycles. The lowest BCUT2D eigenvalue weighted by Gasteiger charge is -2.34. The topological polar surface area (TPSA) is 94.2 Å². The number of H-pyrrole nitrogens is 1. The molecule has 2 N–H and O–H groups in total. The number of thioether (sulfide) groups is 1. The summed E-state index contributed by atoms with van der Waals surface area (Å²) in [6.45, 7) is 2.04. The molecule has 0 radical (unpaired) electrons. The first-order valence-corrected chi connectivity index (χ1v) is 11.3. The molecule has 1 aliphatic heterocycles. The molecule has 9 heteroatoms. The van der Waals surface area contributed by atoms with Crippen molar-refractivity contribution >= 4 is 41.5 Å². The number of urea groups is 1. The molecular weight excluding hydrogens is 424 g/mol. The Bertz CT molecular complexity index is 1060. The fourth-order valence-electron chi connectivity index (χ4n) is 3.24. The minimum atomic E-state index is -0.144. The second-order valence-corrected chi connectivity index (χ2v) is 8.14. The second-order valence-electron chi connectivity index (χ2n) is 7.20. The van der Waals surface area contributed by atoms with E-state index in [0.29, 0.717) is 37.2 Å². The average Bonchev–Trinajstić information content (AvgIpc) is 3.30. The predicted octanol–water partition coefficient (Wildman–Crippen LogP) is 3.44. The van der Waals surface area contributed by atoms with E-state index >= 15 is 0 Å². The van der Waals surface area contributed by atoms with Crippen molar-refractivity contribution in [1.82, 2.24) is 25.0 Å². The van der Waals surface area contributed by atoms with Crippen molar-refractivity contribution in [1.29, 1.82) is 0 Å². The molecule has 1 saturated heterocycles. The highest BCUT2D eigenvalue weighted by molar-refractivity contribution is 7.99. The number of nitrogens with zero attached hydrogens (tertiary/aromatic N) is 4. The van der Waals surface area contributed by atoms with Crippen LogP contribution in [0.15, 0.2) is 65.8 Å². The van der Waals surface area contributed by atoms with Crippen molar-refractivity contribution in [3.63, 3.8) is 0 Å². The zero-order valence-electron chi connectivity index (χ0n) is 17.5. The lowest BCUT2D eigenvalue weighted by molar-refractivity contribution is -0.129. The third kappa shape index (κ3) is 5.98. The first kappa shape index (κ1) is 21.6. The first-order valence-electron chi connectivity index (χ1n) is 10.3. The van der Waals surface area contributed by atoms with Gasteiger partial charge in [-0.3, -0.25) is 9.89 Å². The maximum absolute atomic E-state index is 12.6. The first-order chi connectivity index (χ1) is 15.7. The van der Waals surface area contributed by atoms with Gasteiger partial charge in [-0.2, -0.15) is 0 Å². The van der Waals surface area contributed by atoms with Gasteiger partial charge in [-0.25, -0.2) is 9.78 Å². The van der Waals surface area contributed by atoms with Gasteiger partial charge in [0.25, 0.3) is 0 Å². The number of aromatic amines is 1. The number of aromatic nitrogens is 3. The Labute approximate surface area is 190 Å². The smallest absolute Gasteiger partial charge is 0.321 e. The highest BCUT2D eigenvalue weighted by atomic mass is 32.2. The summed E-state index contributed by atoms with van der Waals surface area (Å²) in [7, 11) is 0. The number of carbonyl (C=O) groups is 2. The van der Waals surface area contributed by atoms with Crippen molar-refractivity contribution in [3.05, 3.63) is 72.1 Å². The molecule has 3 amide bonds. The second kappa shape index (κ2) is 10.6. The van der Waals surface area contributed by atoms with E-state index in [1.807, 2.05) is 72.8 Å². The van der Waals surface area contributed by atoms with Crippen molar-refractivity contribution < 1.29 is 9.59 Å². The van der Waals surface area contributed by atoms with Gasteiger partial charge in [0.05, 0.1) is 5.75 Å². The third-order valence-corrected chi connectivity index (χ3v) is 5.82. The number of hydrogen-bond acceptors (Lipinski definition) is 5. The largest absolute Gasteiger partial charge is 0.338 e. The van der Waals surface area contributed by atoms with Crippen LogP contribution in [0.25, 0.3) is 12.2 Å². The van der Waals surface area contributed by atoms with Crippen LogP contribution < -0.4 is 5.32 Å². The number of rotatable bonds is 6. The summed E-state index contributed by atoms with van der Waals surface area (Å²) in [5.41, 5.74) is 1.83. The Balaban J connectivity index is 1.20. The van der Waals surface area contributed by atoms with Crippen LogP contribution in [0.4, 0.5) is 10.5 Å². The Kier molecular flexibility index (Phi) is 7.19. The molecule has 0 aliphatic carbocycles. The molecular formula is C23H24N6O2S. The van der Waals surface area contributed by atoms with Crippen LogP contribution >= 0.6 is 11.8 Å². The van der Waals surface area contributed by atoms with Crippen LogP contribution in [0.3, 0.4) is 0 Å². The van der Waals surface area contributed by atoms with Gasteiger partial charge < -0.3 is 15.1 Å². The lowest BCUT2D eigenvalue weighted by atomic mass is 10.2. The molecule has 1 aromatic heterocycles. The van der Waals surface area contributed by atoms with Crippen molar-refractivity contribution in [3.8, 4) is 0 Å². The minimum Gasteiger partial charge on any atom is -0.338 e. The number of amides is 3. The number of piperazine rings is 1. The molecule has 32 heavy (non-hydrogen) atoms. The van der Waals surface area contributed by atoms with E-state index < -0.39 is 0 Å². The summed E-state index contributed by atoms with van der Waals surface area (Å²) in [6.07, 6.45) is 3.81. The number of nitrogens with one attached hydrogen (secondary N) is 2. The predicted molar refractivity (Wildman–Crippen MR) is 126 cm³/mol. The third-order valence-electron chi connectivity index (χ3n) is 4.98. The van der Waals surface area contributed by atoms with E-state index in [9.17, 15) is 9.59 Å². The van der Waals surface area contributed by atoms with Gasteiger partial charge >= 0.3 is 6.03 Å². The van der Waals surface area contributed by atoms with Crippen molar-refractivity contribution in [2.24, 2.45) is 0 Å². The standard InChI is InChI=1S/C23H24N6O2S/c30-21(17-32-22-25-20(26-27-22)12-11-18-7-3-1-4-8-18)28-13-15-29(16-14-28)23(31)24-19-9-5-2-6-10-19/h1-12H,13-17H2,(H,24,31)(H,25,26,27)/b12-11+. The average molecular weight is 449 g/mol. The van der Waals surface area contributed by atoms with Gasteiger partial charge in [-0.05, 0) is 23.8 Å². The van der Waals surface area contributed by atoms with Crippen molar-refractivity contribution in [2.45, 2.75) is 5.16 Å². The normalized spacial score (nSPS) is 14.0. The van der Waals surface area contributed by atoms with Crippen LogP contribution in [-0.2, 0) is 4.79 Å². The Morgan fingerprint density at radius 1 is 0.938 bits per heavy atom. The molecule has 1 fully saturated rings.